The van der Waals surface area contributed by atoms with Crippen molar-refractivity contribution in [1.82, 2.24) is 9.99 Å². The molecule has 0 bridgehead atoms. The van der Waals surface area contributed by atoms with Crippen LogP contribution in [-0.4, -0.2) is 10.5 Å². The second-order valence-electron chi connectivity index (χ2n) is 5.72. The van der Waals surface area contributed by atoms with Gasteiger partial charge in [0.1, 0.15) is 5.41 Å². The molecule has 1 aliphatic rings. The Morgan fingerprint density at radius 2 is 2.09 bits per heavy atom. The van der Waals surface area contributed by atoms with Gasteiger partial charge in [0, 0.05) is 7.05 Å². The van der Waals surface area contributed by atoms with Crippen molar-refractivity contribution in [3.8, 4) is 6.07 Å². The Labute approximate surface area is 132 Å². The molecule has 0 saturated heterocycles. The van der Waals surface area contributed by atoms with Gasteiger partial charge in [-0.2, -0.15) is 5.26 Å². The number of fused-ring (bicyclic) bond motifs is 1. The fraction of sp³-hybridized carbons (Fsp3) is 0.438. The lowest BCUT2D eigenvalue weighted by atomic mass is 9.75. The predicted molar refractivity (Wildman–Crippen MR) is 85.6 cm³/mol. The maximum atomic E-state index is 12.4. The van der Waals surface area contributed by atoms with Crippen molar-refractivity contribution in [2.75, 3.05) is 0 Å². The number of hydrogen-bond acceptors (Lipinski definition) is 4. The van der Waals surface area contributed by atoms with Gasteiger partial charge in [-0.3, -0.25) is 4.79 Å². The fourth-order valence-corrected chi connectivity index (χ4v) is 3.92. The van der Waals surface area contributed by atoms with Crippen molar-refractivity contribution in [3.63, 3.8) is 0 Å². The highest BCUT2D eigenvalue weighted by atomic mass is 32.1. The molecule has 1 aliphatic carbocycles. The van der Waals surface area contributed by atoms with Crippen LogP contribution in [0.1, 0.15) is 32.1 Å². The van der Waals surface area contributed by atoms with Crippen LogP contribution in [0.3, 0.4) is 0 Å². The van der Waals surface area contributed by atoms with Crippen LogP contribution >= 0.6 is 11.3 Å². The number of hydrogen-bond donors (Lipinski definition) is 1. The Hall–Kier alpha value is -2.13. The Morgan fingerprint density at radius 3 is 2.77 bits per heavy atom. The van der Waals surface area contributed by atoms with Gasteiger partial charge in [0.25, 0.3) is 5.91 Å². The SMILES string of the molecule is Cn1c(=NNC(=O)C2(C#N)CCCCC2)sc2ccccc21. The lowest BCUT2D eigenvalue weighted by molar-refractivity contribution is -0.129. The number of benzene rings is 1. The first kappa shape index (κ1) is 14.8. The van der Waals surface area contributed by atoms with Gasteiger partial charge in [-0.25, -0.2) is 5.43 Å². The predicted octanol–water partition coefficient (Wildman–Crippen LogP) is 2.65. The summed E-state index contributed by atoms with van der Waals surface area (Å²) >= 11 is 1.52. The minimum atomic E-state index is -0.906. The number of nitrogens with one attached hydrogen (secondary N) is 1. The standard InChI is InChI=1S/C16H18N4OS/c1-20-12-7-3-4-8-13(12)22-15(20)19-18-14(21)16(11-17)9-5-2-6-10-16/h3-4,7-8H,2,5-6,9-10H2,1H3,(H,18,21). The zero-order chi connectivity index (χ0) is 15.6. The Balaban J connectivity index is 1.87. The first-order valence-electron chi connectivity index (χ1n) is 7.46. The molecule has 1 heterocycles. The minimum Gasteiger partial charge on any atom is -0.318 e. The van der Waals surface area contributed by atoms with Crippen LogP contribution in [0, 0.1) is 16.7 Å². The highest BCUT2D eigenvalue weighted by molar-refractivity contribution is 7.16. The number of carbonyl (C=O) groups is 1. The third-order valence-electron chi connectivity index (χ3n) is 4.32. The monoisotopic (exact) mass is 314 g/mol. The molecule has 5 nitrogen and oxygen atoms in total. The fourth-order valence-electron chi connectivity index (χ4n) is 2.94. The maximum absolute atomic E-state index is 12.4. The molecule has 22 heavy (non-hydrogen) atoms. The summed E-state index contributed by atoms with van der Waals surface area (Å²) in [5, 5.41) is 13.7. The summed E-state index contributed by atoms with van der Waals surface area (Å²) < 4.78 is 3.06. The average Bonchev–Trinajstić information content (AvgIpc) is 2.90. The van der Waals surface area contributed by atoms with E-state index in [1.165, 1.54) is 11.3 Å². The zero-order valence-corrected chi connectivity index (χ0v) is 13.3. The van der Waals surface area contributed by atoms with Crippen molar-refractivity contribution in [1.29, 1.82) is 5.26 Å². The normalized spacial score (nSPS) is 18.1. The van der Waals surface area contributed by atoms with Crippen LogP contribution < -0.4 is 10.2 Å². The van der Waals surface area contributed by atoms with Crippen molar-refractivity contribution >= 4 is 27.5 Å². The number of nitrogens with zero attached hydrogens (tertiary/aromatic N) is 3. The van der Waals surface area contributed by atoms with Crippen molar-refractivity contribution in [3.05, 3.63) is 29.1 Å². The molecule has 1 N–H and O–H groups in total. The molecule has 1 fully saturated rings. The Morgan fingerprint density at radius 1 is 1.36 bits per heavy atom. The second-order valence-corrected chi connectivity index (χ2v) is 6.73. The van der Waals surface area contributed by atoms with E-state index in [1.54, 1.807) is 0 Å². The van der Waals surface area contributed by atoms with Gasteiger partial charge in [0.05, 0.1) is 16.3 Å². The maximum Gasteiger partial charge on any atom is 0.260 e. The molecule has 1 aromatic heterocycles. The lowest BCUT2D eigenvalue weighted by Crippen LogP contribution is -2.40. The molecular formula is C16H18N4OS. The molecule has 0 radical (unpaired) electrons. The minimum absolute atomic E-state index is 0.271. The highest BCUT2D eigenvalue weighted by Crippen LogP contribution is 2.35. The van der Waals surface area contributed by atoms with Gasteiger partial charge in [0.15, 0.2) is 0 Å². The number of para-hydroxylation sites is 1. The van der Waals surface area contributed by atoms with E-state index in [2.05, 4.69) is 16.6 Å². The van der Waals surface area contributed by atoms with E-state index >= 15 is 0 Å². The summed E-state index contributed by atoms with van der Waals surface area (Å²) in [7, 11) is 1.92. The van der Waals surface area contributed by atoms with E-state index in [4.69, 9.17) is 0 Å². The Kier molecular flexibility index (Phi) is 3.99. The van der Waals surface area contributed by atoms with Crippen LogP contribution in [0.2, 0.25) is 0 Å². The molecule has 0 unspecified atom stereocenters. The number of thiazole rings is 1. The first-order valence-corrected chi connectivity index (χ1v) is 8.28. The van der Waals surface area contributed by atoms with E-state index in [0.717, 1.165) is 34.3 Å². The van der Waals surface area contributed by atoms with Crippen molar-refractivity contribution in [2.45, 2.75) is 32.1 Å². The number of carbonyl (C=O) groups excluding carboxylic acids is 1. The van der Waals surface area contributed by atoms with Crippen LogP contribution in [0.5, 0.6) is 0 Å². The van der Waals surface area contributed by atoms with E-state index in [-0.39, 0.29) is 5.91 Å². The van der Waals surface area contributed by atoms with Crippen molar-refractivity contribution in [2.24, 2.45) is 17.6 Å². The third-order valence-corrected chi connectivity index (χ3v) is 5.44. The largest absolute Gasteiger partial charge is 0.318 e. The number of nitriles is 1. The summed E-state index contributed by atoms with van der Waals surface area (Å²) in [4.78, 5) is 13.1. The van der Waals surface area contributed by atoms with Crippen LogP contribution in [0.25, 0.3) is 10.2 Å². The van der Waals surface area contributed by atoms with Crippen molar-refractivity contribution < 1.29 is 4.79 Å². The second kappa shape index (κ2) is 5.93. The summed E-state index contributed by atoms with van der Waals surface area (Å²) in [6.45, 7) is 0. The molecule has 0 spiro atoms. The molecule has 1 amide bonds. The number of aromatic nitrogens is 1. The lowest BCUT2D eigenvalue weighted by Gasteiger charge is -2.27. The molecule has 1 saturated carbocycles. The molecule has 6 heteroatoms. The summed E-state index contributed by atoms with van der Waals surface area (Å²) in [5.74, 6) is -0.271. The van der Waals surface area contributed by atoms with E-state index < -0.39 is 5.41 Å². The molecule has 3 rings (SSSR count). The van der Waals surface area contributed by atoms with Gasteiger partial charge in [0.2, 0.25) is 4.80 Å². The summed E-state index contributed by atoms with van der Waals surface area (Å²) in [5.41, 5.74) is 2.79. The van der Waals surface area contributed by atoms with E-state index in [9.17, 15) is 10.1 Å². The van der Waals surface area contributed by atoms with E-state index in [1.807, 2.05) is 35.9 Å². The number of amides is 1. The summed E-state index contributed by atoms with van der Waals surface area (Å²) in [6, 6.07) is 10.2. The van der Waals surface area contributed by atoms with Crippen LogP contribution in [-0.2, 0) is 11.8 Å². The first-order chi connectivity index (χ1) is 10.7. The zero-order valence-electron chi connectivity index (χ0n) is 12.5. The molecule has 2 aromatic rings. The molecular weight excluding hydrogens is 296 g/mol. The van der Waals surface area contributed by atoms with Gasteiger partial charge in [-0.15, -0.1) is 5.10 Å². The molecule has 114 valence electrons. The quantitative estimate of drug-likeness (QED) is 0.866. The third kappa shape index (κ3) is 2.53. The molecule has 0 aliphatic heterocycles. The Bertz CT molecular complexity index is 805. The average molecular weight is 314 g/mol. The number of rotatable bonds is 2. The van der Waals surface area contributed by atoms with Gasteiger partial charge in [-0.1, -0.05) is 42.7 Å². The topological polar surface area (TPSA) is 70.2 Å². The van der Waals surface area contributed by atoms with Gasteiger partial charge in [-0.05, 0) is 25.0 Å². The van der Waals surface area contributed by atoms with Crippen LogP contribution in [0.4, 0.5) is 0 Å². The highest BCUT2D eigenvalue weighted by Gasteiger charge is 2.39. The van der Waals surface area contributed by atoms with Gasteiger partial charge < -0.3 is 4.57 Å². The van der Waals surface area contributed by atoms with E-state index in [0.29, 0.717) is 12.8 Å². The van der Waals surface area contributed by atoms with Gasteiger partial charge >= 0.3 is 0 Å². The summed E-state index contributed by atoms with van der Waals surface area (Å²) in [6.07, 6.45) is 4.21. The molecule has 0 atom stereocenters. The van der Waals surface area contributed by atoms with Crippen LogP contribution in [0.15, 0.2) is 29.4 Å². The number of aryl methyl sites for hydroxylation is 1. The molecule has 1 aromatic carbocycles. The smallest absolute Gasteiger partial charge is 0.260 e.